The Hall–Kier alpha value is -4.05. The van der Waals surface area contributed by atoms with Crippen LogP contribution < -0.4 is 10.5 Å². The zero-order chi connectivity index (χ0) is 33.6. The van der Waals surface area contributed by atoms with E-state index in [1.165, 1.54) is 41.0 Å². The smallest absolute Gasteiger partial charge is 0.405 e. The van der Waals surface area contributed by atoms with Crippen molar-refractivity contribution >= 4 is 26.9 Å². The van der Waals surface area contributed by atoms with Crippen LogP contribution in [0.4, 0.5) is 22.0 Å². The normalized spacial score (nSPS) is 14.2. The number of carbonyl (C=O) groups is 1. The van der Waals surface area contributed by atoms with Gasteiger partial charge in [0.15, 0.2) is 0 Å². The van der Waals surface area contributed by atoms with E-state index in [-0.39, 0.29) is 65.9 Å². The highest BCUT2D eigenvalue weighted by molar-refractivity contribution is 7.85. The van der Waals surface area contributed by atoms with E-state index in [1.54, 1.807) is 30.3 Å². The number of rotatable bonds is 8. The molecular weight excluding hydrogens is 637 g/mol. The molecule has 15 heteroatoms. The maximum absolute atomic E-state index is 14.8. The lowest BCUT2D eigenvalue weighted by Gasteiger charge is -2.32. The van der Waals surface area contributed by atoms with Crippen LogP contribution in [-0.4, -0.2) is 61.5 Å². The standard InChI is InChI=1S/C25H26F5N3O3.C6H6O3S/c1-35-11-10-33-14-18(22-21(36-25(28,29)30)5-4-20(27)23(22)33)24(34)32-8-6-16(7-9-32)17-12-15(13-31)2-3-19(17)26;7-10(8,9)6-4-2-1-3-5-6/h2-5,12,14,16H,6-11,13,31H2,1H3;1-5H,(H,7,8,9). The fourth-order valence-corrected chi connectivity index (χ4v) is 5.80. The number of benzene rings is 3. The number of hydrogen-bond donors (Lipinski definition) is 2. The molecule has 0 spiro atoms. The number of aromatic nitrogens is 1. The Balaban J connectivity index is 0.000000409. The van der Waals surface area contributed by atoms with Gasteiger partial charge in [0.25, 0.3) is 16.0 Å². The van der Waals surface area contributed by atoms with E-state index in [0.29, 0.717) is 18.4 Å². The van der Waals surface area contributed by atoms with Crippen molar-refractivity contribution in [3.05, 3.63) is 95.2 Å². The van der Waals surface area contributed by atoms with Gasteiger partial charge in [-0.3, -0.25) is 9.35 Å². The van der Waals surface area contributed by atoms with Crippen molar-refractivity contribution in [1.29, 1.82) is 0 Å². The number of ether oxygens (including phenoxy) is 2. The summed E-state index contributed by atoms with van der Waals surface area (Å²) in [7, 11) is -2.57. The van der Waals surface area contributed by atoms with Gasteiger partial charge in [0.1, 0.15) is 17.4 Å². The Labute approximate surface area is 262 Å². The molecule has 248 valence electrons. The van der Waals surface area contributed by atoms with Crippen molar-refractivity contribution in [3.63, 3.8) is 0 Å². The minimum atomic E-state index is -5.03. The molecule has 2 heterocycles. The van der Waals surface area contributed by atoms with Gasteiger partial charge in [0.2, 0.25) is 0 Å². The molecule has 5 rings (SSSR count). The maximum atomic E-state index is 14.8. The number of likely N-dealkylation sites (tertiary alicyclic amines) is 1. The van der Waals surface area contributed by atoms with Crippen molar-refractivity contribution in [2.24, 2.45) is 5.73 Å². The lowest BCUT2D eigenvalue weighted by molar-refractivity contribution is -0.274. The number of piperidine rings is 1. The summed E-state index contributed by atoms with van der Waals surface area (Å²) in [5.41, 5.74) is 6.73. The van der Waals surface area contributed by atoms with Crippen molar-refractivity contribution < 1.29 is 49.2 Å². The fraction of sp³-hybridized carbons (Fsp3) is 0.323. The van der Waals surface area contributed by atoms with Gasteiger partial charge in [-0.25, -0.2) is 8.78 Å². The molecule has 0 bridgehead atoms. The molecule has 0 saturated carbocycles. The Morgan fingerprint density at radius 1 is 1.02 bits per heavy atom. The number of nitrogens with zero attached hydrogens (tertiary/aromatic N) is 2. The van der Waals surface area contributed by atoms with Crippen LogP contribution in [0.5, 0.6) is 5.75 Å². The van der Waals surface area contributed by atoms with Gasteiger partial charge in [-0.05, 0) is 60.2 Å². The first-order valence-electron chi connectivity index (χ1n) is 14.1. The second-order valence-electron chi connectivity index (χ2n) is 10.5. The number of nitrogens with two attached hydrogens (primary N) is 1. The van der Waals surface area contributed by atoms with E-state index in [2.05, 4.69) is 4.74 Å². The zero-order valence-corrected chi connectivity index (χ0v) is 25.5. The molecule has 3 aromatic carbocycles. The first kappa shape index (κ1) is 34.8. The number of fused-ring (bicyclic) bond motifs is 1. The maximum Gasteiger partial charge on any atom is 0.573 e. The monoisotopic (exact) mass is 669 g/mol. The van der Waals surface area contributed by atoms with E-state index >= 15 is 0 Å². The Kier molecular flexibility index (Phi) is 11.0. The van der Waals surface area contributed by atoms with Crippen LogP contribution in [0.15, 0.2) is 71.8 Å². The SMILES string of the molecule is COCCn1cc(C(=O)N2CCC(c3cc(CN)ccc3F)CC2)c2c(OC(F)(F)F)ccc(F)c21.O=S(=O)(O)c1ccccc1. The minimum Gasteiger partial charge on any atom is -0.405 e. The molecule has 1 saturated heterocycles. The number of halogens is 5. The molecule has 1 aliphatic heterocycles. The van der Waals surface area contributed by atoms with E-state index in [0.717, 1.165) is 17.7 Å². The zero-order valence-electron chi connectivity index (χ0n) is 24.6. The Bertz CT molecular complexity index is 1770. The van der Waals surface area contributed by atoms with Crippen LogP contribution in [0.25, 0.3) is 10.9 Å². The second kappa shape index (κ2) is 14.6. The third-order valence-corrected chi connectivity index (χ3v) is 8.35. The quantitative estimate of drug-likeness (QED) is 0.178. The number of alkyl halides is 3. The largest absolute Gasteiger partial charge is 0.573 e. The second-order valence-corrected chi connectivity index (χ2v) is 11.9. The summed E-state index contributed by atoms with van der Waals surface area (Å²) in [5, 5.41) is -0.253. The molecular formula is C31H32F5N3O6S. The summed E-state index contributed by atoms with van der Waals surface area (Å²) >= 11 is 0. The molecule has 1 aliphatic rings. The lowest BCUT2D eigenvalue weighted by atomic mass is 9.88. The highest BCUT2D eigenvalue weighted by Crippen LogP contribution is 2.38. The molecule has 0 radical (unpaired) electrons. The topological polar surface area (TPSA) is 124 Å². The molecule has 0 unspecified atom stereocenters. The predicted molar refractivity (Wildman–Crippen MR) is 159 cm³/mol. The molecule has 4 aromatic rings. The third-order valence-electron chi connectivity index (χ3n) is 7.48. The minimum absolute atomic E-state index is 0.0741. The van der Waals surface area contributed by atoms with Crippen molar-refractivity contribution in [2.45, 2.75) is 43.1 Å². The van der Waals surface area contributed by atoms with Crippen molar-refractivity contribution in [2.75, 3.05) is 26.8 Å². The average molecular weight is 670 g/mol. The molecule has 1 amide bonds. The van der Waals surface area contributed by atoms with Gasteiger partial charge in [-0.2, -0.15) is 8.42 Å². The van der Waals surface area contributed by atoms with Gasteiger partial charge >= 0.3 is 6.36 Å². The molecule has 9 nitrogen and oxygen atoms in total. The van der Waals surface area contributed by atoms with Crippen LogP contribution in [0.1, 0.15) is 40.2 Å². The van der Waals surface area contributed by atoms with Crippen LogP contribution in [-0.2, 0) is 27.9 Å². The summed E-state index contributed by atoms with van der Waals surface area (Å²) in [6.07, 6.45) is -2.78. The number of amides is 1. The Morgan fingerprint density at radius 3 is 2.24 bits per heavy atom. The molecule has 1 aromatic heterocycles. The van der Waals surface area contributed by atoms with Crippen molar-refractivity contribution in [1.82, 2.24) is 9.47 Å². The van der Waals surface area contributed by atoms with Gasteiger partial charge in [0.05, 0.1) is 28.0 Å². The summed E-state index contributed by atoms with van der Waals surface area (Å²) < 4.78 is 108. The molecule has 0 aliphatic carbocycles. The van der Waals surface area contributed by atoms with Gasteiger partial charge in [-0.1, -0.05) is 30.3 Å². The van der Waals surface area contributed by atoms with E-state index in [4.69, 9.17) is 15.0 Å². The van der Waals surface area contributed by atoms with Crippen molar-refractivity contribution in [3.8, 4) is 5.75 Å². The van der Waals surface area contributed by atoms with Crippen LogP contribution >= 0.6 is 0 Å². The Morgan fingerprint density at radius 2 is 1.67 bits per heavy atom. The number of methoxy groups -OCH3 is 1. The van der Waals surface area contributed by atoms with Gasteiger partial charge in [-0.15, -0.1) is 13.2 Å². The van der Waals surface area contributed by atoms with E-state index in [1.807, 2.05) is 0 Å². The van der Waals surface area contributed by atoms with Gasteiger partial charge in [0, 0.05) is 39.5 Å². The number of carbonyl (C=O) groups excluding carboxylic acids is 1. The van der Waals surface area contributed by atoms with Crippen LogP contribution in [0, 0.1) is 11.6 Å². The lowest BCUT2D eigenvalue weighted by Crippen LogP contribution is -2.38. The summed E-state index contributed by atoms with van der Waals surface area (Å²) in [6, 6.07) is 13.9. The van der Waals surface area contributed by atoms with Gasteiger partial charge < -0.3 is 24.7 Å². The van der Waals surface area contributed by atoms with Crippen LogP contribution in [0.3, 0.4) is 0 Å². The van der Waals surface area contributed by atoms with E-state index < -0.39 is 34.0 Å². The average Bonchev–Trinajstić information content (AvgIpc) is 3.42. The summed E-state index contributed by atoms with van der Waals surface area (Å²) in [4.78, 5) is 14.9. The molecule has 0 atom stereocenters. The first-order chi connectivity index (χ1) is 21.7. The van der Waals surface area contributed by atoms with Crippen LogP contribution in [0.2, 0.25) is 0 Å². The highest BCUT2D eigenvalue weighted by atomic mass is 32.2. The third kappa shape index (κ3) is 8.40. The highest BCUT2D eigenvalue weighted by Gasteiger charge is 2.35. The fourth-order valence-electron chi connectivity index (χ4n) is 5.30. The summed E-state index contributed by atoms with van der Waals surface area (Å²) in [5.74, 6) is -2.48. The molecule has 3 N–H and O–H groups in total. The number of hydrogen-bond acceptors (Lipinski definition) is 6. The first-order valence-corrected chi connectivity index (χ1v) is 15.5. The predicted octanol–water partition coefficient (Wildman–Crippen LogP) is 5.88. The molecule has 46 heavy (non-hydrogen) atoms. The van der Waals surface area contributed by atoms with E-state index in [9.17, 15) is 35.2 Å². The summed E-state index contributed by atoms with van der Waals surface area (Å²) in [6.45, 7) is 1.05. The molecule has 1 fully saturated rings.